The van der Waals surface area contributed by atoms with E-state index in [1.54, 1.807) is 54.6 Å². The Morgan fingerprint density at radius 3 is 2.52 bits per heavy atom. The van der Waals surface area contributed by atoms with Crippen LogP contribution >= 0.6 is 0 Å². The van der Waals surface area contributed by atoms with Gasteiger partial charge in [0.25, 0.3) is 0 Å². The average molecular weight is 308 g/mol. The molecule has 0 fully saturated rings. The van der Waals surface area contributed by atoms with Crippen LogP contribution in [0.25, 0.3) is 11.0 Å². The van der Waals surface area contributed by atoms with Gasteiger partial charge in [-0.15, -0.1) is 0 Å². The number of benzene rings is 2. The summed E-state index contributed by atoms with van der Waals surface area (Å²) in [4.78, 5) is 28.3. The lowest BCUT2D eigenvalue weighted by atomic mass is 10.1. The van der Waals surface area contributed by atoms with E-state index in [9.17, 15) is 9.59 Å². The van der Waals surface area contributed by atoms with Crippen molar-refractivity contribution in [1.29, 1.82) is 0 Å². The lowest BCUT2D eigenvalue weighted by Crippen LogP contribution is -2.18. The predicted molar refractivity (Wildman–Crippen MR) is 85.1 cm³/mol. The number of para-hydroxylation sites is 1. The third-order valence-corrected chi connectivity index (χ3v) is 3.16. The number of carbonyl (C=O) groups is 1. The van der Waals surface area contributed by atoms with Crippen LogP contribution < -0.4 is 11.4 Å². The smallest absolute Gasteiger partial charge is 0.365 e. The fourth-order valence-electron chi connectivity index (χ4n) is 2.09. The molecule has 0 atom stereocenters. The topological polar surface area (TPSA) is 94.9 Å². The van der Waals surface area contributed by atoms with Crippen molar-refractivity contribution < 1.29 is 14.0 Å². The fraction of sp³-hybridized carbons (Fsp3) is 0. The van der Waals surface area contributed by atoms with Gasteiger partial charge in [0, 0.05) is 17.0 Å². The van der Waals surface area contributed by atoms with E-state index in [1.807, 2.05) is 0 Å². The number of hydrogen-bond donors (Lipinski definition) is 1. The van der Waals surface area contributed by atoms with Crippen LogP contribution in [0.1, 0.15) is 15.9 Å². The molecule has 0 aliphatic rings. The first kappa shape index (κ1) is 14.5. The summed E-state index contributed by atoms with van der Waals surface area (Å²) in [5, 5.41) is 4.23. The molecule has 6 nitrogen and oxygen atoms in total. The van der Waals surface area contributed by atoms with E-state index >= 15 is 0 Å². The molecule has 2 aromatic carbocycles. The van der Waals surface area contributed by atoms with Gasteiger partial charge in [-0.3, -0.25) is 0 Å². The molecule has 23 heavy (non-hydrogen) atoms. The summed E-state index contributed by atoms with van der Waals surface area (Å²) in [7, 11) is 0. The number of nitrogens with zero attached hydrogens (tertiary/aromatic N) is 1. The Morgan fingerprint density at radius 1 is 1.04 bits per heavy atom. The van der Waals surface area contributed by atoms with Gasteiger partial charge in [-0.05, 0) is 18.2 Å². The Hall–Kier alpha value is -3.41. The maximum Gasteiger partial charge on any atom is 0.365 e. The lowest BCUT2D eigenvalue weighted by molar-refractivity contribution is 0.0516. The first-order valence-corrected chi connectivity index (χ1v) is 6.78. The number of oxime groups is 1. The molecule has 0 saturated heterocycles. The number of nitrogens with two attached hydrogens (primary N) is 1. The Kier molecular flexibility index (Phi) is 3.88. The molecule has 0 spiro atoms. The normalized spacial score (nSPS) is 11.4. The number of hydrogen-bond acceptors (Lipinski definition) is 5. The molecule has 0 saturated carbocycles. The molecule has 3 aromatic rings. The van der Waals surface area contributed by atoms with E-state index in [2.05, 4.69) is 5.16 Å². The van der Waals surface area contributed by atoms with Gasteiger partial charge in [0.05, 0.1) is 5.56 Å². The van der Waals surface area contributed by atoms with Gasteiger partial charge < -0.3 is 15.0 Å². The van der Waals surface area contributed by atoms with Crippen molar-refractivity contribution >= 4 is 22.8 Å². The Labute approximate surface area is 130 Å². The zero-order valence-corrected chi connectivity index (χ0v) is 11.9. The van der Waals surface area contributed by atoms with E-state index in [-0.39, 0.29) is 5.84 Å². The summed E-state index contributed by atoms with van der Waals surface area (Å²) in [6, 6.07) is 16.5. The minimum absolute atomic E-state index is 0.0848. The first-order valence-electron chi connectivity index (χ1n) is 6.78. The molecule has 6 heteroatoms. The van der Waals surface area contributed by atoms with Gasteiger partial charge in [-0.25, -0.2) is 9.59 Å². The molecular formula is C17H12N2O4. The van der Waals surface area contributed by atoms with Crippen LogP contribution in [-0.2, 0) is 4.84 Å². The van der Waals surface area contributed by atoms with E-state index in [4.69, 9.17) is 15.0 Å². The van der Waals surface area contributed by atoms with E-state index in [1.165, 1.54) is 6.07 Å². The highest BCUT2D eigenvalue weighted by molar-refractivity contribution is 6.07. The lowest BCUT2D eigenvalue weighted by Gasteiger charge is -2.04. The van der Waals surface area contributed by atoms with Crippen LogP contribution in [0.4, 0.5) is 0 Å². The second-order valence-corrected chi connectivity index (χ2v) is 4.70. The zero-order chi connectivity index (χ0) is 16.2. The van der Waals surface area contributed by atoms with E-state index in [0.29, 0.717) is 22.1 Å². The fourth-order valence-corrected chi connectivity index (χ4v) is 2.09. The zero-order valence-electron chi connectivity index (χ0n) is 11.9. The third kappa shape index (κ3) is 3.11. The van der Waals surface area contributed by atoms with Crippen molar-refractivity contribution in [3.63, 3.8) is 0 Å². The van der Waals surface area contributed by atoms with Crippen molar-refractivity contribution in [2.75, 3.05) is 0 Å². The van der Waals surface area contributed by atoms with Gasteiger partial charge in [0.1, 0.15) is 5.58 Å². The average Bonchev–Trinajstić information content (AvgIpc) is 2.59. The quantitative estimate of drug-likeness (QED) is 0.263. The maximum atomic E-state index is 11.8. The van der Waals surface area contributed by atoms with Crippen LogP contribution in [0.3, 0.4) is 0 Å². The summed E-state index contributed by atoms with van der Waals surface area (Å²) in [5.41, 5.74) is 6.36. The van der Waals surface area contributed by atoms with Crippen molar-refractivity contribution in [3.05, 3.63) is 82.2 Å². The van der Waals surface area contributed by atoms with Gasteiger partial charge in [-0.2, -0.15) is 0 Å². The molecule has 1 heterocycles. The molecule has 0 unspecified atom stereocenters. The summed E-state index contributed by atoms with van der Waals surface area (Å²) in [6.07, 6.45) is 0. The van der Waals surface area contributed by atoms with Crippen LogP contribution in [0.15, 0.2) is 75.0 Å². The van der Waals surface area contributed by atoms with Crippen LogP contribution in [0, 0.1) is 0 Å². The molecule has 0 amide bonds. The first-order chi connectivity index (χ1) is 11.1. The van der Waals surface area contributed by atoms with Gasteiger partial charge >= 0.3 is 11.6 Å². The minimum Gasteiger partial charge on any atom is -0.423 e. The Balaban J connectivity index is 1.93. The molecule has 0 aliphatic heterocycles. The number of amidine groups is 1. The molecule has 0 radical (unpaired) electrons. The maximum absolute atomic E-state index is 11.8. The standard InChI is InChI=1S/C17H12N2O4/c18-16(19-23-17(21)11-6-2-1-3-7-11)13-10-15(20)22-14-9-5-4-8-12(13)14/h1-10H,(H2,18,19). The van der Waals surface area contributed by atoms with Crippen LogP contribution in [0.5, 0.6) is 0 Å². The van der Waals surface area contributed by atoms with Crippen LogP contribution in [0.2, 0.25) is 0 Å². The Bertz CT molecular complexity index is 945. The molecule has 2 N–H and O–H groups in total. The molecule has 1 aromatic heterocycles. The van der Waals surface area contributed by atoms with Gasteiger partial charge in [0.15, 0.2) is 5.84 Å². The van der Waals surface area contributed by atoms with Gasteiger partial charge in [-0.1, -0.05) is 41.6 Å². The Morgan fingerprint density at radius 2 is 1.74 bits per heavy atom. The summed E-state index contributed by atoms with van der Waals surface area (Å²) in [6.45, 7) is 0. The predicted octanol–water partition coefficient (Wildman–Crippen LogP) is 2.27. The van der Waals surface area contributed by atoms with Gasteiger partial charge in [0.2, 0.25) is 0 Å². The highest BCUT2D eigenvalue weighted by Crippen LogP contribution is 2.16. The summed E-state index contributed by atoms with van der Waals surface area (Å²) in [5.74, 6) is -0.723. The van der Waals surface area contributed by atoms with Crippen molar-refractivity contribution in [1.82, 2.24) is 0 Å². The molecule has 3 rings (SSSR count). The highest BCUT2D eigenvalue weighted by Gasteiger charge is 2.11. The largest absolute Gasteiger partial charge is 0.423 e. The second kappa shape index (κ2) is 6.15. The summed E-state index contributed by atoms with van der Waals surface area (Å²) >= 11 is 0. The number of fused-ring (bicyclic) bond motifs is 1. The molecule has 0 bridgehead atoms. The number of rotatable bonds is 3. The SMILES string of the molecule is N/C(=N\OC(=O)c1ccccc1)c1cc(=O)oc2ccccc12. The van der Waals surface area contributed by atoms with Crippen molar-refractivity contribution in [2.24, 2.45) is 10.9 Å². The minimum atomic E-state index is -0.638. The molecule has 0 aliphatic carbocycles. The summed E-state index contributed by atoms with van der Waals surface area (Å²) < 4.78 is 5.07. The van der Waals surface area contributed by atoms with E-state index in [0.717, 1.165) is 0 Å². The molecule has 114 valence electrons. The van der Waals surface area contributed by atoms with Crippen LogP contribution in [-0.4, -0.2) is 11.8 Å². The van der Waals surface area contributed by atoms with Crippen molar-refractivity contribution in [2.45, 2.75) is 0 Å². The highest BCUT2D eigenvalue weighted by atomic mass is 16.7. The second-order valence-electron chi connectivity index (χ2n) is 4.70. The third-order valence-electron chi connectivity index (χ3n) is 3.16. The van der Waals surface area contributed by atoms with E-state index < -0.39 is 11.6 Å². The monoisotopic (exact) mass is 308 g/mol. The van der Waals surface area contributed by atoms with Crippen molar-refractivity contribution in [3.8, 4) is 0 Å². The molecular weight excluding hydrogens is 296 g/mol. The number of carbonyl (C=O) groups excluding carboxylic acids is 1.